The third-order valence-electron chi connectivity index (χ3n) is 2.87. The summed E-state index contributed by atoms with van der Waals surface area (Å²) in [6.07, 6.45) is 0. The quantitative estimate of drug-likeness (QED) is 0.605. The predicted molar refractivity (Wildman–Crippen MR) is 62.8 cm³/mol. The number of aryl methyl sites for hydroxylation is 2. The van der Waals surface area contributed by atoms with Crippen molar-refractivity contribution in [2.45, 2.75) is 20.8 Å². The Bertz CT molecular complexity index is 615. The maximum Gasteiger partial charge on any atom is 0.308 e. The van der Waals surface area contributed by atoms with Gasteiger partial charge in [0.25, 0.3) is 0 Å². The molecule has 6 heteroatoms. The summed E-state index contributed by atoms with van der Waals surface area (Å²) >= 11 is 0. The van der Waals surface area contributed by atoms with Crippen molar-refractivity contribution in [3.8, 4) is 11.1 Å². The molecule has 1 aromatic heterocycles. The monoisotopic (exact) mass is 250 g/mol. The fourth-order valence-electron chi connectivity index (χ4n) is 2.03. The molecule has 0 amide bonds. The van der Waals surface area contributed by atoms with Crippen molar-refractivity contribution >= 4 is 5.69 Å². The Kier molecular flexibility index (Phi) is 2.86. The highest BCUT2D eigenvalue weighted by molar-refractivity contribution is 5.74. The summed E-state index contributed by atoms with van der Waals surface area (Å²) in [4.78, 5) is 10.1. The van der Waals surface area contributed by atoms with Gasteiger partial charge in [-0.1, -0.05) is 11.2 Å². The van der Waals surface area contributed by atoms with Crippen molar-refractivity contribution in [3.63, 3.8) is 0 Å². The topological polar surface area (TPSA) is 69.2 Å². The summed E-state index contributed by atoms with van der Waals surface area (Å²) in [5.41, 5.74) is 1.63. The van der Waals surface area contributed by atoms with Crippen molar-refractivity contribution in [3.05, 3.63) is 45.1 Å². The zero-order valence-electron chi connectivity index (χ0n) is 10.2. The minimum Gasteiger partial charge on any atom is -0.361 e. The number of hydrogen-bond acceptors (Lipinski definition) is 4. The van der Waals surface area contributed by atoms with E-state index in [0.717, 1.165) is 6.07 Å². The maximum absolute atomic E-state index is 13.4. The highest BCUT2D eigenvalue weighted by Crippen LogP contribution is 2.35. The van der Waals surface area contributed by atoms with E-state index in [9.17, 15) is 14.5 Å². The van der Waals surface area contributed by atoms with E-state index >= 15 is 0 Å². The second kappa shape index (κ2) is 4.21. The normalized spacial score (nSPS) is 10.7. The summed E-state index contributed by atoms with van der Waals surface area (Å²) < 4.78 is 18.5. The summed E-state index contributed by atoms with van der Waals surface area (Å²) in [6.45, 7) is 4.97. The molecule has 1 heterocycles. The molecule has 0 spiro atoms. The highest BCUT2D eigenvalue weighted by Gasteiger charge is 2.23. The summed E-state index contributed by atoms with van der Waals surface area (Å²) in [5.74, 6) is -0.287. The number of nitro groups is 1. The summed E-state index contributed by atoms with van der Waals surface area (Å²) in [6, 6.07) is 2.59. The Balaban J connectivity index is 2.75. The second-order valence-corrected chi connectivity index (χ2v) is 4.02. The van der Waals surface area contributed by atoms with Gasteiger partial charge in [0.05, 0.1) is 10.6 Å². The van der Waals surface area contributed by atoms with Gasteiger partial charge in [0.1, 0.15) is 5.76 Å². The molecular formula is C12H11FN2O3. The van der Waals surface area contributed by atoms with E-state index in [4.69, 9.17) is 4.52 Å². The first-order valence-electron chi connectivity index (χ1n) is 5.30. The first kappa shape index (κ1) is 12.2. The third kappa shape index (κ3) is 1.75. The lowest BCUT2D eigenvalue weighted by Gasteiger charge is -2.06. The Morgan fingerprint density at radius 1 is 1.33 bits per heavy atom. The summed E-state index contributed by atoms with van der Waals surface area (Å²) in [7, 11) is 0. The van der Waals surface area contributed by atoms with Crippen LogP contribution in [0.3, 0.4) is 0 Å². The second-order valence-electron chi connectivity index (χ2n) is 4.02. The molecule has 0 aliphatic rings. The van der Waals surface area contributed by atoms with Crippen LogP contribution in [-0.4, -0.2) is 10.1 Å². The maximum atomic E-state index is 13.4. The van der Waals surface area contributed by atoms with E-state index in [2.05, 4.69) is 5.16 Å². The zero-order valence-corrected chi connectivity index (χ0v) is 10.2. The van der Waals surface area contributed by atoms with Crippen LogP contribution in [0.1, 0.15) is 17.0 Å². The van der Waals surface area contributed by atoms with Crippen LogP contribution in [0, 0.1) is 36.7 Å². The van der Waals surface area contributed by atoms with E-state index < -0.39 is 16.4 Å². The van der Waals surface area contributed by atoms with Gasteiger partial charge in [-0.3, -0.25) is 10.1 Å². The smallest absolute Gasteiger partial charge is 0.308 e. The van der Waals surface area contributed by atoms with Gasteiger partial charge in [-0.05, 0) is 32.4 Å². The molecule has 1 aromatic carbocycles. The van der Waals surface area contributed by atoms with Crippen LogP contribution in [0.2, 0.25) is 0 Å². The van der Waals surface area contributed by atoms with Crippen LogP contribution in [-0.2, 0) is 0 Å². The Labute approximate surface area is 102 Å². The molecule has 2 rings (SSSR count). The molecule has 0 N–H and O–H groups in total. The Morgan fingerprint density at radius 3 is 2.50 bits per heavy atom. The first-order valence-corrected chi connectivity index (χ1v) is 5.30. The number of benzene rings is 1. The van der Waals surface area contributed by atoms with Gasteiger partial charge in [-0.15, -0.1) is 0 Å². The van der Waals surface area contributed by atoms with Crippen LogP contribution < -0.4 is 0 Å². The lowest BCUT2D eigenvalue weighted by molar-refractivity contribution is -0.388. The largest absolute Gasteiger partial charge is 0.361 e. The number of nitrogens with zero attached hydrogens (tertiary/aromatic N) is 2. The van der Waals surface area contributed by atoms with Gasteiger partial charge >= 0.3 is 5.69 Å². The summed E-state index contributed by atoms with van der Waals surface area (Å²) in [5, 5.41) is 14.7. The van der Waals surface area contributed by atoms with E-state index in [-0.39, 0.29) is 5.56 Å². The standard InChI is InChI=1S/C12H11FN2O3/c1-6-9(11-7(2)14-18-8(11)3)4-5-10(13)12(6)15(16)17/h4-5H,1-3H3. The number of aromatic nitrogens is 1. The minimum atomic E-state index is -0.840. The number of hydrogen-bond donors (Lipinski definition) is 0. The highest BCUT2D eigenvalue weighted by atomic mass is 19.1. The molecule has 0 saturated carbocycles. The van der Waals surface area contributed by atoms with Crippen LogP contribution >= 0.6 is 0 Å². The van der Waals surface area contributed by atoms with Crippen LogP contribution in [0.25, 0.3) is 11.1 Å². The van der Waals surface area contributed by atoms with Gasteiger partial charge in [0.15, 0.2) is 0 Å². The van der Waals surface area contributed by atoms with E-state index in [1.165, 1.54) is 13.0 Å². The first-order chi connectivity index (χ1) is 8.43. The van der Waals surface area contributed by atoms with Crippen molar-refractivity contribution < 1.29 is 13.8 Å². The molecule has 18 heavy (non-hydrogen) atoms. The average Bonchev–Trinajstić information content (AvgIpc) is 2.59. The molecule has 5 nitrogen and oxygen atoms in total. The Morgan fingerprint density at radius 2 is 2.00 bits per heavy atom. The number of nitro benzene ring substituents is 1. The minimum absolute atomic E-state index is 0.273. The molecule has 0 unspecified atom stereocenters. The van der Waals surface area contributed by atoms with Gasteiger partial charge in [0, 0.05) is 11.1 Å². The van der Waals surface area contributed by atoms with Gasteiger partial charge in [0.2, 0.25) is 5.82 Å². The molecule has 0 fully saturated rings. The van der Waals surface area contributed by atoms with Crippen molar-refractivity contribution in [1.82, 2.24) is 5.16 Å². The molecule has 2 aromatic rings. The molecule has 0 aliphatic heterocycles. The van der Waals surface area contributed by atoms with Crippen LogP contribution in [0.4, 0.5) is 10.1 Å². The lowest BCUT2D eigenvalue weighted by Crippen LogP contribution is -1.98. The number of halogens is 1. The van der Waals surface area contributed by atoms with E-state index in [1.54, 1.807) is 13.8 Å². The Hall–Kier alpha value is -2.24. The van der Waals surface area contributed by atoms with Crippen molar-refractivity contribution in [2.75, 3.05) is 0 Å². The van der Waals surface area contributed by atoms with Gasteiger partial charge in [-0.2, -0.15) is 4.39 Å². The van der Waals surface area contributed by atoms with Crippen LogP contribution in [0.5, 0.6) is 0 Å². The molecule has 0 radical (unpaired) electrons. The molecule has 0 atom stereocenters. The van der Waals surface area contributed by atoms with Crippen molar-refractivity contribution in [2.24, 2.45) is 0 Å². The fourth-order valence-corrected chi connectivity index (χ4v) is 2.03. The van der Waals surface area contributed by atoms with Gasteiger partial charge < -0.3 is 4.52 Å². The molecular weight excluding hydrogens is 239 g/mol. The molecule has 0 bridgehead atoms. The van der Waals surface area contributed by atoms with E-state index in [1.807, 2.05) is 0 Å². The predicted octanol–water partition coefficient (Wildman–Crippen LogP) is 3.31. The van der Waals surface area contributed by atoms with E-state index in [0.29, 0.717) is 22.6 Å². The van der Waals surface area contributed by atoms with Crippen molar-refractivity contribution in [1.29, 1.82) is 0 Å². The average molecular weight is 250 g/mol. The SMILES string of the molecule is Cc1noc(C)c1-c1ccc(F)c([N+](=O)[O-])c1C. The zero-order chi connectivity index (χ0) is 13.4. The van der Waals surface area contributed by atoms with Gasteiger partial charge in [-0.25, -0.2) is 0 Å². The third-order valence-corrected chi connectivity index (χ3v) is 2.87. The fraction of sp³-hybridized carbons (Fsp3) is 0.250. The molecule has 0 aliphatic carbocycles. The molecule has 0 saturated heterocycles. The number of rotatable bonds is 2. The van der Waals surface area contributed by atoms with Crippen LogP contribution in [0.15, 0.2) is 16.7 Å². The lowest BCUT2D eigenvalue weighted by atomic mass is 9.98. The molecule has 94 valence electrons.